The summed E-state index contributed by atoms with van der Waals surface area (Å²) in [7, 11) is 0. The minimum atomic E-state index is -0.361. The third-order valence-corrected chi connectivity index (χ3v) is 2.05. The zero-order valence-corrected chi connectivity index (χ0v) is 9.33. The molecule has 0 aromatic heterocycles. The minimum Gasteiger partial charge on any atom is -0.206 e. The van der Waals surface area contributed by atoms with E-state index in [1.165, 1.54) is 6.07 Å². The molecule has 0 bridgehead atoms. The summed E-state index contributed by atoms with van der Waals surface area (Å²) in [4.78, 5) is 2.59. The van der Waals surface area contributed by atoms with E-state index < -0.39 is 0 Å². The van der Waals surface area contributed by atoms with Crippen LogP contribution >= 0.6 is 15.9 Å². The topological polar surface area (TPSA) is 48.8 Å². The Balaban J connectivity index is 2.67. The number of benzene rings is 1. The molecule has 0 aliphatic heterocycles. The van der Waals surface area contributed by atoms with Crippen LogP contribution in [0.4, 0.5) is 4.39 Å². The zero-order chi connectivity index (χ0) is 11.1. The highest BCUT2D eigenvalue weighted by Crippen LogP contribution is 2.14. The first-order valence-electron chi connectivity index (χ1n) is 4.19. The first-order chi connectivity index (χ1) is 7.24. The van der Waals surface area contributed by atoms with Gasteiger partial charge in [0.05, 0.1) is 5.56 Å². The van der Waals surface area contributed by atoms with Crippen LogP contribution in [-0.2, 0) is 0 Å². The van der Waals surface area contributed by atoms with Gasteiger partial charge in [0.1, 0.15) is 5.82 Å². The summed E-state index contributed by atoms with van der Waals surface area (Å²) < 4.78 is 13.9. The molecule has 0 spiro atoms. The van der Waals surface area contributed by atoms with Crippen molar-refractivity contribution in [3.8, 4) is 11.8 Å². The number of azide groups is 1. The average Bonchev–Trinajstić information content (AvgIpc) is 2.20. The number of halogens is 2. The Kier molecular flexibility index (Phi) is 4.69. The third-order valence-electron chi connectivity index (χ3n) is 1.55. The van der Waals surface area contributed by atoms with Gasteiger partial charge in [0, 0.05) is 22.4 Å². The first kappa shape index (κ1) is 11.6. The highest BCUT2D eigenvalue weighted by Gasteiger charge is 1.98. The van der Waals surface area contributed by atoms with Crippen molar-refractivity contribution in [3.05, 3.63) is 44.5 Å². The predicted octanol–water partition coefficient (Wildman–Crippen LogP) is 3.64. The van der Waals surface area contributed by atoms with E-state index in [0.29, 0.717) is 23.0 Å². The molecule has 0 N–H and O–H groups in total. The predicted molar refractivity (Wildman–Crippen MR) is 59.6 cm³/mol. The quantitative estimate of drug-likeness (QED) is 0.258. The van der Waals surface area contributed by atoms with Crippen LogP contribution in [0.15, 0.2) is 27.8 Å². The number of hydrogen-bond donors (Lipinski definition) is 0. The van der Waals surface area contributed by atoms with E-state index in [1.807, 2.05) is 0 Å². The van der Waals surface area contributed by atoms with Gasteiger partial charge in [-0.1, -0.05) is 32.9 Å². The SMILES string of the molecule is [N-]=[N+]=NCCC#Cc1ccc(Br)cc1F. The normalized spacial score (nSPS) is 8.67. The number of hydrogen-bond acceptors (Lipinski definition) is 1. The fraction of sp³-hybridized carbons (Fsp3) is 0.200. The molecule has 0 aliphatic rings. The van der Waals surface area contributed by atoms with Crippen LogP contribution in [0.5, 0.6) is 0 Å². The fourth-order valence-corrected chi connectivity index (χ4v) is 1.23. The molecule has 1 aromatic carbocycles. The lowest BCUT2D eigenvalue weighted by molar-refractivity contribution is 0.623. The van der Waals surface area contributed by atoms with Crippen molar-refractivity contribution in [1.29, 1.82) is 0 Å². The van der Waals surface area contributed by atoms with Gasteiger partial charge >= 0.3 is 0 Å². The van der Waals surface area contributed by atoms with Gasteiger partial charge in [-0.25, -0.2) is 4.39 Å². The summed E-state index contributed by atoms with van der Waals surface area (Å²) in [5, 5.41) is 3.32. The average molecular weight is 268 g/mol. The second-order valence-electron chi connectivity index (χ2n) is 2.63. The maximum atomic E-state index is 13.2. The molecule has 15 heavy (non-hydrogen) atoms. The highest BCUT2D eigenvalue weighted by atomic mass is 79.9. The van der Waals surface area contributed by atoms with Gasteiger partial charge in [0.15, 0.2) is 0 Å². The molecule has 5 heteroatoms. The Bertz CT molecular complexity index is 455. The van der Waals surface area contributed by atoms with Gasteiger partial charge in [-0.15, -0.1) is 0 Å². The maximum Gasteiger partial charge on any atom is 0.139 e. The molecular weight excluding hydrogens is 261 g/mol. The smallest absolute Gasteiger partial charge is 0.139 e. The first-order valence-corrected chi connectivity index (χ1v) is 4.98. The molecule has 0 heterocycles. The van der Waals surface area contributed by atoms with Crippen LogP contribution in [-0.4, -0.2) is 6.54 Å². The molecule has 0 unspecified atom stereocenters. The maximum absolute atomic E-state index is 13.2. The zero-order valence-electron chi connectivity index (χ0n) is 7.74. The molecule has 0 atom stereocenters. The lowest BCUT2D eigenvalue weighted by Gasteiger charge is -1.94. The van der Waals surface area contributed by atoms with Gasteiger partial charge in [-0.05, 0) is 23.7 Å². The van der Waals surface area contributed by atoms with Crippen molar-refractivity contribution in [1.82, 2.24) is 0 Å². The lowest BCUT2D eigenvalue weighted by Crippen LogP contribution is -1.83. The number of rotatable bonds is 2. The molecule has 0 saturated heterocycles. The molecule has 0 radical (unpaired) electrons. The van der Waals surface area contributed by atoms with Crippen molar-refractivity contribution >= 4 is 15.9 Å². The largest absolute Gasteiger partial charge is 0.206 e. The van der Waals surface area contributed by atoms with Crippen LogP contribution in [0.2, 0.25) is 0 Å². The molecule has 0 aliphatic carbocycles. The molecule has 0 fully saturated rings. The standard InChI is InChI=1S/C10H7BrFN3/c11-9-5-4-8(10(12)7-9)3-1-2-6-14-15-13/h4-5,7H,2,6H2. The van der Waals surface area contributed by atoms with Crippen molar-refractivity contribution in [3.63, 3.8) is 0 Å². The van der Waals surface area contributed by atoms with Gasteiger partial charge in [-0.3, -0.25) is 0 Å². The Hall–Kier alpha value is -1.50. The number of nitrogens with zero attached hydrogens (tertiary/aromatic N) is 3. The molecule has 3 nitrogen and oxygen atoms in total. The summed E-state index contributed by atoms with van der Waals surface area (Å²) in [6, 6.07) is 4.68. The van der Waals surface area contributed by atoms with Crippen molar-refractivity contribution in [2.75, 3.05) is 6.54 Å². The van der Waals surface area contributed by atoms with E-state index in [1.54, 1.807) is 12.1 Å². The third kappa shape index (κ3) is 4.03. The van der Waals surface area contributed by atoms with E-state index >= 15 is 0 Å². The summed E-state index contributed by atoms with van der Waals surface area (Å²) in [5.41, 5.74) is 8.35. The van der Waals surface area contributed by atoms with Crippen LogP contribution in [0.25, 0.3) is 10.4 Å². The second kappa shape index (κ2) is 6.07. The Morgan fingerprint density at radius 2 is 2.33 bits per heavy atom. The fourth-order valence-electron chi connectivity index (χ4n) is 0.899. The molecule has 0 saturated carbocycles. The molecule has 1 aromatic rings. The lowest BCUT2D eigenvalue weighted by atomic mass is 10.2. The summed E-state index contributed by atoms with van der Waals surface area (Å²) >= 11 is 3.16. The van der Waals surface area contributed by atoms with Gasteiger partial charge < -0.3 is 0 Å². The van der Waals surface area contributed by atoms with E-state index in [9.17, 15) is 4.39 Å². The molecule has 76 valence electrons. The summed E-state index contributed by atoms with van der Waals surface area (Å²) in [6.07, 6.45) is 0.430. The van der Waals surface area contributed by atoms with Crippen molar-refractivity contribution in [2.45, 2.75) is 6.42 Å². The van der Waals surface area contributed by atoms with Gasteiger partial charge in [0.25, 0.3) is 0 Å². The van der Waals surface area contributed by atoms with Crippen LogP contribution in [0.1, 0.15) is 12.0 Å². The Labute approximate surface area is 95.1 Å². The van der Waals surface area contributed by atoms with Crippen molar-refractivity contribution < 1.29 is 4.39 Å². The molecule has 0 amide bonds. The monoisotopic (exact) mass is 267 g/mol. The van der Waals surface area contributed by atoms with Crippen LogP contribution in [0, 0.1) is 17.7 Å². The van der Waals surface area contributed by atoms with E-state index in [0.717, 1.165) is 0 Å². The van der Waals surface area contributed by atoms with E-state index in [-0.39, 0.29) is 5.82 Å². The van der Waals surface area contributed by atoms with Crippen molar-refractivity contribution in [2.24, 2.45) is 5.11 Å². The van der Waals surface area contributed by atoms with E-state index in [2.05, 4.69) is 37.8 Å². The Morgan fingerprint density at radius 3 is 3.00 bits per heavy atom. The van der Waals surface area contributed by atoms with Gasteiger partial charge in [-0.2, -0.15) is 0 Å². The Morgan fingerprint density at radius 1 is 1.53 bits per heavy atom. The molecular formula is C10H7BrFN3. The molecule has 1 rings (SSSR count). The highest BCUT2D eigenvalue weighted by molar-refractivity contribution is 9.10. The minimum absolute atomic E-state index is 0.307. The summed E-state index contributed by atoms with van der Waals surface area (Å²) in [6.45, 7) is 0.307. The van der Waals surface area contributed by atoms with Gasteiger partial charge in [0.2, 0.25) is 0 Å². The summed E-state index contributed by atoms with van der Waals surface area (Å²) in [5.74, 6) is 5.04. The van der Waals surface area contributed by atoms with Crippen LogP contribution < -0.4 is 0 Å². The van der Waals surface area contributed by atoms with E-state index in [4.69, 9.17) is 5.53 Å². The van der Waals surface area contributed by atoms with Crippen LogP contribution in [0.3, 0.4) is 0 Å². The second-order valence-corrected chi connectivity index (χ2v) is 3.55.